The summed E-state index contributed by atoms with van der Waals surface area (Å²) in [7, 11) is 0. The van der Waals surface area contributed by atoms with Crippen LogP contribution < -0.4 is 4.74 Å². The van der Waals surface area contributed by atoms with E-state index >= 15 is 0 Å². The van der Waals surface area contributed by atoms with Gasteiger partial charge in [-0.05, 0) is 29.8 Å². The number of hydrogen-bond donors (Lipinski definition) is 1. The van der Waals surface area contributed by atoms with Crippen molar-refractivity contribution in [3.05, 3.63) is 72.4 Å². The number of rotatable bonds is 5. The van der Waals surface area contributed by atoms with E-state index in [4.69, 9.17) is 9.72 Å². The highest BCUT2D eigenvalue weighted by Gasteiger charge is 2.13. The Balaban J connectivity index is 1.49. The Morgan fingerprint density at radius 2 is 1.82 bits per heavy atom. The Bertz CT molecular complexity index is 1070. The first-order valence-electron chi connectivity index (χ1n) is 9.28. The lowest BCUT2D eigenvalue weighted by atomic mass is 10.2. The number of pyridine rings is 1. The highest BCUT2D eigenvalue weighted by atomic mass is 32.2. The molecule has 0 saturated heterocycles. The van der Waals surface area contributed by atoms with E-state index in [0.717, 1.165) is 28.0 Å². The Morgan fingerprint density at radius 1 is 1.00 bits per heavy atom. The van der Waals surface area contributed by atoms with Gasteiger partial charge in [-0.15, -0.1) is 11.8 Å². The van der Waals surface area contributed by atoms with Crippen molar-refractivity contribution in [2.24, 2.45) is 0 Å². The van der Waals surface area contributed by atoms with Gasteiger partial charge in [-0.2, -0.15) is 0 Å². The van der Waals surface area contributed by atoms with Crippen LogP contribution in [-0.4, -0.2) is 19.7 Å². The molecule has 0 radical (unpaired) electrons. The zero-order valence-corrected chi connectivity index (χ0v) is 17.1. The van der Waals surface area contributed by atoms with Crippen molar-refractivity contribution in [1.29, 1.82) is 0 Å². The van der Waals surface area contributed by atoms with Crippen LogP contribution in [0.5, 0.6) is 5.88 Å². The molecule has 4 rings (SSSR count). The molecule has 0 fully saturated rings. The molecular weight excluding hydrogens is 366 g/mol. The average Bonchev–Trinajstić information content (AvgIpc) is 3.10. The minimum absolute atomic E-state index is 0.177. The molecule has 2 heterocycles. The van der Waals surface area contributed by atoms with Crippen molar-refractivity contribution in [3.63, 3.8) is 0 Å². The van der Waals surface area contributed by atoms with Crippen LogP contribution in [0.3, 0.4) is 0 Å². The molecule has 5 heteroatoms. The van der Waals surface area contributed by atoms with Gasteiger partial charge in [0.15, 0.2) is 0 Å². The van der Waals surface area contributed by atoms with Gasteiger partial charge < -0.3 is 9.72 Å². The van der Waals surface area contributed by atoms with Crippen LogP contribution in [0.4, 0.5) is 0 Å². The smallest absolute Gasteiger partial charge is 0.213 e. The van der Waals surface area contributed by atoms with E-state index in [1.165, 1.54) is 4.90 Å². The number of ether oxygens (including phenoxy) is 1. The lowest BCUT2D eigenvalue weighted by molar-refractivity contribution is 0.294. The van der Waals surface area contributed by atoms with Gasteiger partial charge in [0, 0.05) is 27.5 Å². The molecule has 2 aromatic heterocycles. The van der Waals surface area contributed by atoms with Crippen molar-refractivity contribution in [1.82, 2.24) is 15.0 Å². The zero-order valence-electron chi connectivity index (χ0n) is 16.3. The number of aromatic nitrogens is 3. The number of fused-ring (bicyclic) bond motifs is 1. The Labute approximate surface area is 169 Å². The summed E-state index contributed by atoms with van der Waals surface area (Å²) in [6, 6.07) is 20.3. The molecule has 0 spiro atoms. The van der Waals surface area contributed by atoms with Gasteiger partial charge in [0.25, 0.3) is 0 Å². The minimum Gasteiger partial charge on any atom is -0.473 e. The second-order valence-electron chi connectivity index (χ2n) is 7.64. The molecule has 142 valence electrons. The van der Waals surface area contributed by atoms with E-state index in [2.05, 4.69) is 48.9 Å². The number of nitrogens with zero attached hydrogens (tertiary/aromatic N) is 2. The molecule has 0 aliphatic heterocycles. The molecule has 4 nitrogen and oxygen atoms in total. The molecule has 1 N–H and O–H groups in total. The fourth-order valence-corrected chi connectivity index (χ4v) is 3.90. The number of benzene rings is 2. The number of aromatic amines is 1. The summed E-state index contributed by atoms with van der Waals surface area (Å²) in [6.07, 6.45) is 1.79. The maximum absolute atomic E-state index is 5.76. The Hall–Kier alpha value is -2.79. The van der Waals surface area contributed by atoms with Crippen molar-refractivity contribution >= 4 is 22.8 Å². The van der Waals surface area contributed by atoms with Gasteiger partial charge in [0.1, 0.15) is 12.4 Å². The second kappa shape index (κ2) is 7.68. The Morgan fingerprint density at radius 3 is 2.54 bits per heavy atom. The highest BCUT2D eigenvalue weighted by Crippen LogP contribution is 2.33. The van der Waals surface area contributed by atoms with E-state index < -0.39 is 0 Å². The molecule has 0 saturated carbocycles. The van der Waals surface area contributed by atoms with Crippen molar-refractivity contribution in [3.8, 4) is 17.3 Å². The first-order chi connectivity index (χ1) is 13.5. The standard InChI is InChI=1S/C23H23N3OS/c1-23(2,3)28-18-10-11-19-20(13-18)26-22(25-19)17-9-12-21(24-14-17)27-15-16-7-5-4-6-8-16/h4-14H,15H2,1-3H3,(H,25,26). The van der Waals surface area contributed by atoms with Gasteiger partial charge >= 0.3 is 0 Å². The summed E-state index contributed by atoms with van der Waals surface area (Å²) in [5.41, 5.74) is 4.05. The maximum Gasteiger partial charge on any atom is 0.213 e. The van der Waals surface area contributed by atoms with Crippen LogP contribution in [0.1, 0.15) is 26.3 Å². The zero-order chi connectivity index (χ0) is 19.6. The summed E-state index contributed by atoms with van der Waals surface area (Å²) < 4.78 is 5.94. The average molecular weight is 390 g/mol. The fraction of sp³-hybridized carbons (Fsp3) is 0.217. The number of thioether (sulfide) groups is 1. The summed E-state index contributed by atoms with van der Waals surface area (Å²) in [6.45, 7) is 7.15. The van der Waals surface area contributed by atoms with Crippen LogP contribution in [0.2, 0.25) is 0 Å². The van der Waals surface area contributed by atoms with Gasteiger partial charge in [-0.3, -0.25) is 0 Å². The number of H-pyrrole nitrogens is 1. The van der Waals surface area contributed by atoms with E-state index in [-0.39, 0.29) is 4.75 Å². The predicted molar refractivity (Wildman–Crippen MR) is 116 cm³/mol. The molecule has 0 aliphatic carbocycles. The molecule has 0 atom stereocenters. The van der Waals surface area contributed by atoms with Crippen LogP contribution in [0, 0.1) is 0 Å². The van der Waals surface area contributed by atoms with Crippen LogP contribution in [0.15, 0.2) is 71.8 Å². The van der Waals surface area contributed by atoms with Crippen LogP contribution >= 0.6 is 11.8 Å². The molecule has 2 aromatic carbocycles. The first-order valence-corrected chi connectivity index (χ1v) is 10.1. The third kappa shape index (κ3) is 4.54. The molecule has 28 heavy (non-hydrogen) atoms. The van der Waals surface area contributed by atoms with Gasteiger partial charge in [0.05, 0.1) is 11.0 Å². The summed E-state index contributed by atoms with van der Waals surface area (Å²) in [5.74, 6) is 1.42. The third-order valence-electron chi connectivity index (χ3n) is 4.12. The van der Waals surface area contributed by atoms with Crippen molar-refractivity contribution < 1.29 is 4.74 Å². The molecular formula is C23H23N3OS. The van der Waals surface area contributed by atoms with Gasteiger partial charge in [-0.25, -0.2) is 9.97 Å². The lowest BCUT2D eigenvalue weighted by Gasteiger charge is -2.17. The predicted octanol–water partition coefficient (Wildman–Crippen LogP) is 6.09. The number of hydrogen-bond acceptors (Lipinski definition) is 4. The Kier molecular flexibility index (Phi) is 5.09. The largest absolute Gasteiger partial charge is 0.473 e. The van der Waals surface area contributed by atoms with Crippen molar-refractivity contribution in [2.75, 3.05) is 0 Å². The maximum atomic E-state index is 5.76. The summed E-state index contributed by atoms with van der Waals surface area (Å²) >= 11 is 1.85. The monoisotopic (exact) mass is 389 g/mol. The number of nitrogens with one attached hydrogen (secondary N) is 1. The fourth-order valence-electron chi connectivity index (χ4n) is 2.88. The normalized spacial score (nSPS) is 11.7. The topological polar surface area (TPSA) is 50.8 Å². The van der Waals surface area contributed by atoms with E-state index in [9.17, 15) is 0 Å². The second-order valence-corrected chi connectivity index (χ2v) is 9.54. The highest BCUT2D eigenvalue weighted by molar-refractivity contribution is 8.00. The van der Waals surface area contributed by atoms with Crippen LogP contribution in [0.25, 0.3) is 22.4 Å². The van der Waals surface area contributed by atoms with Gasteiger partial charge in [0.2, 0.25) is 5.88 Å². The lowest BCUT2D eigenvalue weighted by Crippen LogP contribution is -2.06. The minimum atomic E-state index is 0.177. The van der Waals surface area contributed by atoms with E-state index in [1.807, 2.05) is 54.2 Å². The number of imidazole rings is 1. The third-order valence-corrected chi connectivity index (χ3v) is 5.22. The van der Waals surface area contributed by atoms with E-state index in [0.29, 0.717) is 12.5 Å². The molecule has 0 amide bonds. The van der Waals surface area contributed by atoms with Crippen LogP contribution in [-0.2, 0) is 6.61 Å². The summed E-state index contributed by atoms with van der Waals surface area (Å²) in [5, 5.41) is 0. The quantitative estimate of drug-likeness (QED) is 0.419. The molecule has 0 unspecified atom stereocenters. The molecule has 4 aromatic rings. The SMILES string of the molecule is CC(C)(C)Sc1ccc2nc(-c3ccc(OCc4ccccc4)nc3)[nH]c2c1. The molecule has 0 aliphatic rings. The first kappa shape index (κ1) is 18.6. The molecule has 0 bridgehead atoms. The van der Waals surface area contributed by atoms with Gasteiger partial charge in [-0.1, -0.05) is 51.1 Å². The van der Waals surface area contributed by atoms with Crippen molar-refractivity contribution in [2.45, 2.75) is 37.0 Å². The summed E-state index contributed by atoms with van der Waals surface area (Å²) in [4.78, 5) is 13.8. The van der Waals surface area contributed by atoms with E-state index in [1.54, 1.807) is 6.20 Å².